The van der Waals surface area contributed by atoms with Gasteiger partial charge < -0.3 is 9.64 Å². The fourth-order valence-corrected chi connectivity index (χ4v) is 4.99. The Morgan fingerprint density at radius 2 is 1.76 bits per heavy atom. The first-order valence-corrected chi connectivity index (χ1v) is 10.5. The Hall–Kier alpha value is -1.99. The predicted molar refractivity (Wildman–Crippen MR) is 98.1 cm³/mol. The minimum absolute atomic E-state index is 0.119. The molecule has 1 fully saturated rings. The fourth-order valence-electron chi connectivity index (χ4n) is 2.75. The van der Waals surface area contributed by atoms with Crippen molar-refractivity contribution in [2.45, 2.75) is 15.0 Å². The summed E-state index contributed by atoms with van der Waals surface area (Å²) < 4.78 is 30.4. The summed E-state index contributed by atoms with van der Waals surface area (Å²) in [5.74, 6) is 0.490. The molecule has 1 saturated heterocycles. The predicted octanol–water partition coefficient (Wildman–Crippen LogP) is 2.72. The summed E-state index contributed by atoms with van der Waals surface area (Å²) in [5, 5.41) is -0.564. The second kappa shape index (κ2) is 7.09. The van der Waals surface area contributed by atoms with Crippen molar-refractivity contribution in [2.24, 2.45) is 0 Å². The van der Waals surface area contributed by atoms with Crippen LogP contribution in [-0.4, -0.2) is 50.9 Å². The van der Waals surface area contributed by atoms with Crippen molar-refractivity contribution in [1.29, 1.82) is 0 Å². The van der Waals surface area contributed by atoms with Gasteiger partial charge in [0.05, 0.1) is 17.6 Å². The Labute approximate surface area is 151 Å². The van der Waals surface area contributed by atoms with Gasteiger partial charge in [0.2, 0.25) is 0 Å². The summed E-state index contributed by atoms with van der Waals surface area (Å²) in [6, 6.07) is 13.7. The van der Waals surface area contributed by atoms with Crippen LogP contribution in [0.15, 0.2) is 58.3 Å². The van der Waals surface area contributed by atoms with Crippen molar-refractivity contribution in [3.05, 3.63) is 54.1 Å². The van der Waals surface area contributed by atoms with Crippen LogP contribution in [0.2, 0.25) is 0 Å². The molecule has 0 unspecified atom stereocenters. The Morgan fingerprint density at radius 1 is 1.12 bits per heavy atom. The highest BCUT2D eigenvalue weighted by atomic mass is 32.2. The summed E-state index contributed by atoms with van der Waals surface area (Å²) in [6.45, 7) is 0.436. The molecule has 0 bridgehead atoms. The lowest BCUT2D eigenvalue weighted by atomic mass is 10.1. The van der Waals surface area contributed by atoms with Crippen LogP contribution < -0.4 is 4.74 Å². The summed E-state index contributed by atoms with van der Waals surface area (Å²) >= 11 is 1.50. The van der Waals surface area contributed by atoms with Crippen LogP contribution in [0, 0.1) is 0 Å². The van der Waals surface area contributed by atoms with Crippen LogP contribution in [0.4, 0.5) is 0 Å². The Bertz CT molecular complexity index is 872. The van der Waals surface area contributed by atoms with Gasteiger partial charge in [-0.05, 0) is 42.7 Å². The maximum absolute atomic E-state index is 12.7. The number of carbonyl (C=O) groups excluding carboxylic acids is 1. The van der Waals surface area contributed by atoms with Crippen molar-refractivity contribution in [1.82, 2.24) is 4.90 Å². The average Bonchev–Trinajstić information content (AvgIpc) is 2.60. The summed E-state index contributed by atoms with van der Waals surface area (Å²) in [4.78, 5) is 15.3. The number of hydrogen-bond acceptors (Lipinski definition) is 5. The number of sulfone groups is 1. The minimum Gasteiger partial charge on any atom is -0.497 e. The molecule has 132 valence electrons. The maximum Gasteiger partial charge on any atom is 0.255 e. The van der Waals surface area contributed by atoms with Crippen LogP contribution in [0.3, 0.4) is 0 Å². The first-order valence-electron chi connectivity index (χ1n) is 7.77. The molecule has 3 rings (SSSR count). The number of likely N-dealkylation sites (tertiary alicyclic amines) is 1. The van der Waals surface area contributed by atoms with E-state index in [0.717, 1.165) is 4.90 Å². The molecule has 7 heteroatoms. The van der Waals surface area contributed by atoms with Crippen LogP contribution in [0.25, 0.3) is 0 Å². The van der Waals surface area contributed by atoms with E-state index < -0.39 is 15.1 Å². The molecule has 0 aliphatic carbocycles. The van der Waals surface area contributed by atoms with Gasteiger partial charge >= 0.3 is 0 Å². The second-order valence-corrected chi connectivity index (χ2v) is 8.83. The first kappa shape index (κ1) is 17.8. The Balaban J connectivity index is 1.71. The summed E-state index contributed by atoms with van der Waals surface area (Å²) in [5.41, 5.74) is 0.621. The minimum atomic E-state index is -3.45. The molecule has 0 saturated carbocycles. The van der Waals surface area contributed by atoms with E-state index in [0.29, 0.717) is 11.3 Å². The van der Waals surface area contributed by atoms with Crippen LogP contribution in [0.1, 0.15) is 10.4 Å². The Morgan fingerprint density at radius 3 is 2.36 bits per heavy atom. The topological polar surface area (TPSA) is 63.7 Å². The van der Waals surface area contributed by atoms with Crippen molar-refractivity contribution in [3.63, 3.8) is 0 Å². The number of thioether (sulfide) groups is 1. The number of nitrogens with zero attached hydrogens (tertiary/aromatic N) is 1. The Kier molecular flexibility index (Phi) is 5.06. The lowest BCUT2D eigenvalue weighted by Crippen LogP contribution is -2.56. The highest BCUT2D eigenvalue weighted by Crippen LogP contribution is 2.28. The van der Waals surface area contributed by atoms with E-state index in [9.17, 15) is 13.2 Å². The quantitative estimate of drug-likeness (QED) is 0.750. The third-order valence-corrected chi connectivity index (χ3v) is 7.20. The molecule has 0 N–H and O–H groups in total. The molecule has 0 atom stereocenters. The molecular formula is C18H19NO4S2. The average molecular weight is 377 g/mol. The van der Waals surface area contributed by atoms with Gasteiger partial charge in [0.1, 0.15) is 11.0 Å². The van der Waals surface area contributed by atoms with E-state index in [2.05, 4.69) is 0 Å². The van der Waals surface area contributed by atoms with Gasteiger partial charge in [0.15, 0.2) is 9.84 Å². The normalized spacial score (nSPS) is 14.9. The van der Waals surface area contributed by atoms with Crippen molar-refractivity contribution < 1.29 is 17.9 Å². The molecule has 25 heavy (non-hydrogen) atoms. The SMILES string of the molecule is COc1ccc(S(=O)(=O)C2CN(C(=O)c3ccccc3SC)C2)cc1. The maximum atomic E-state index is 12.7. The van der Waals surface area contributed by atoms with Gasteiger partial charge in [0, 0.05) is 18.0 Å². The molecule has 1 amide bonds. The van der Waals surface area contributed by atoms with Crippen molar-refractivity contribution in [3.8, 4) is 5.75 Å². The zero-order chi connectivity index (χ0) is 18.0. The van der Waals surface area contributed by atoms with Crippen molar-refractivity contribution in [2.75, 3.05) is 26.5 Å². The number of carbonyl (C=O) groups is 1. The van der Waals surface area contributed by atoms with Gasteiger partial charge in [0.25, 0.3) is 5.91 Å². The third-order valence-electron chi connectivity index (χ3n) is 4.30. The molecule has 0 aromatic heterocycles. The van der Waals surface area contributed by atoms with E-state index in [1.807, 2.05) is 24.5 Å². The van der Waals surface area contributed by atoms with Gasteiger partial charge in [-0.15, -0.1) is 11.8 Å². The summed E-state index contributed by atoms with van der Waals surface area (Å²) in [6.07, 6.45) is 1.92. The van der Waals surface area contributed by atoms with E-state index >= 15 is 0 Å². The number of rotatable bonds is 5. The van der Waals surface area contributed by atoms with Gasteiger partial charge in [-0.1, -0.05) is 12.1 Å². The molecule has 0 spiro atoms. The largest absolute Gasteiger partial charge is 0.497 e. The molecule has 0 radical (unpaired) electrons. The molecule has 2 aromatic carbocycles. The zero-order valence-corrected chi connectivity index (χ0v) is 15.6. The molecule has 2 aromatic rings. The van der Waals surface area contributed by atoms with Crippen LogP contribution in [0.5, 0.6) is 5.75 Å². The third kappa shape index (κ3) is 3.39. The molecule has 1 aliphatic heterocycles. The lowest BCUT2D eigenvalue weighted by molar-refractivity contribution is 0.0655. The number of ether oxygens (including phenoxy) is 1. The highest BCUT2D eigenvalue weighted by Gasteiger charge is 2.41. The summed E-state index contributed by atoms with van der Waals surface area (Å²) in [7, 11) is -1.91. The molecule has 1 heterocycles. The number of methoxy groups -OCH3 is 1. The van der Waals surface area contributed by atoms with E-state index in [1.54, 1.807) is 35.2 Å². The van der Waals surface area contributed by atoms with Gasteiger partial charge in [-0.25, -0.2) is 8.42 Å². The number of benzene rings is 2. The van der Waals surface area contributed by atoms with E-state index in [-0.39, 0.29) is 23.9 Å². The molecule has 5 nitrogen and oxygen atoms in total. The fraction of sp³-hybridized carbons (Fsp3) is 0.278. The first-order chi connectivity index (χ1) is 12.0. The van der Waals surface area contributed by atoms with Gasteiger partial charge in [-0.2, -0.15) is 0 Å². The monoisotopic (exact) mass is 377 g/mol. The molecular weight excluding hydrogens is 358 g/mol. The number of hydrogen-bond donors (Lipinski definition) is 0. The van der Waals surface area contributed by atoms with E-state index in [4.69, 9.17) is 4.74 Å². The smallest absolute Gasteiger partial charge is 0.255 e. The van der Waals surface area contributed by atoms with Crippen LogP contribution >= 0.6 is 11.8 Å². The number of amides is 1. The highest BCUT2D eigenvalue weighted by molar-refractivity contribution is 7.98. The lowest BCUT2D eigenvalue weighted by Gasteiger charge is -2.38. The molecule has 1 aliphatic rings. The zero-order valence-electron chi connectivity index (χ0n) is 14.0. The van der Waals surface area contributed by atoms with Crippen molar-refractivity contribution >= 4 is 27.5 Å². The van der Waals surface area contributed by atoms with E-state index in [1.165, 1.54) is 18.9 Å². The van der Waals surface area contributed by atoms with Gasteiger partial charge in [-0.3, -0.25) is 4.79 Å². The van der Waals surface area contributed by atoms with Crippen LogP contribution in [-0.2, 0) is 9.84 Å². The second-order valence-electron chi connectivity index (χ2n) is 5.75. The standard InChI is InChI=1S/C18H19NO4S2/c1-23-13-7-9-14(10-8-13)25(21,22)15-11-19(12-15)18(20)16-5-3-4-6-17(16)24-2/h3-10,15H,11-12H2,1-2H3.